The molecular formula is C13H17N3O3S. The summed E-state index contributed by atoms with van der Waals surface area (Å²) >= 11 is 0. The second kappa shape index (κ2) is 7.65. The van der Waals surface area contributed by atoms with Crippen LogP contribution in [0.15, 0.2) is 29.2 Å². The second-order valence-corrected chi connectivity index (χ2v) is 5.62. The molecule has 0 saturated carbocycles. The number of rotatable bonds is 5. The summed E-state index contributed by atoms with van der Waals surface area (Å²) in [6.45, 7) is 0.252. The molecular weight excluding hydrogens is 278 g/mol. The summed E-state index contributed by atoms with van der Waals surface area (Å²) in [5.74, 6) is 5.20. The first kappa shape index (κ1) is 16.2. The molecule has 0 saturated heterocycles. The minimum absolute atomic E-state index is 0.0424. The van der Waals surface area contributed by atoms with Gasteiger partial charge in [-0.3, -0.25) is 4.79 Å². The van der Waals surface area contributed by atoms with Crippen LogP contribution in [0.1, 0.15) is 12.0 Å². The number of hydrogen-bond acceptors (Lipinski definition) is 4. The topological polar surface area (TPSA) is 101 Å². The van der Waals surface area contributed by atoms with Gasteiger partial charge in [0, 0.05) is 25.6 Å². The van der Waals surface area contributed by atoms with Gasteiger partial charge in [-0.1, -0.05) is 17.9 Å². The normalized spacial score (nSPS) is 10.5. The summed E-state index contributed by atoms with van der Waals surface area (Å²) in [6.07, 6.45) is 0.0857. The van der Waals surface area contributed by atoms with E-state index in [-0.39, 0.29) is 30.3 Å². The van der Waals surface area contributed by atoms with E-state index in [1.165, 1.54) is 19.2 Å². The van der Waals surface area contributed by atoms with Crippen LogP contribution in [0.25, 0.3) is 0 Å². The van der Waals surface area contributed by atoms with Crippen molar-refractivity contribution in [2.75, 3.05) is 20.1 Å². The lowest BCUT2D eigenvalue weighted by Crippen LogP contribution is -2.29. The number of carbonyl (C=O) groups is 1. The standard InChI is InChI=1S/C13H17N3O3S/c1-15-13(17)7-9-16-20(18,19)12-6-2-4-11(10-12)5-3-8-14/h2,4,6,10,16H,7-9,14H2,1H3,(H,15,17). The number of hydrogen-bond donors (Lipinski definition) is 3. The molecule has 0 aliphatic carbocycles. The Morgan fingerprint density at radius 1 is 1.40 bits per heavy atom. The maximum absolute atomic E-state index is 12.0. The maximum Gasteiger partial charge on any atom is 0.240 e. The fourth-order valence-electron chi connectivity index (χ4n) is 1.40. The fourth-order valence-corrected chi connectivity index (χ4v) is 2.48. The number of nitrogens with one attached hydrogen (secondary N) is 2. The van der Waals surface area contributed by atoms with Crippen LogP contribution in [-0.2, 0) is 14.8 Å². The lowest BCUT2D eigenvalue weighted by Gasteiger charge is -2.06. The molecule has 0 heterocycles. The lowest BCUT2D eigenvalue weighted by molar-refractivity contribution is -0.120. The van der Waals surface area contributed by atoms with E-state index in [0.717, 1.165) is 0 Å². The van der Waals surface area contributed by atoms with Crippen molar-refractivity contribution in [3.05, 3.63) is 29.8 Å². The zero-order chi connectivity index (χ0) is 15.0. The first-order chi connectivity index (χ1) is 9.49. The molecule has 20 heavy (non-hydrogen) atoms. The number of benzene rings is 1. The Labute approximate surface area is 118 Å². The van der Waals surface area contributed by atoms with Crippen LogP contribution in [0.3, 0.4) is 0 Å². The number of amides is 1. The number of carbonyl (C=O) groups excluding carboxylic acids is 1. The van der Waals surface area contributed by atoms with Gasteiger partial charge in [-0.15, -0.1) is 0 Å². The molecule has 0 aromatic heterocycles. The van der Waals surface area contributed by atoms with E-state index in [4.69, 9.17) is 5.73 Å². The van der Waals surface area contributed by atoms with E-state index in [0.29, 0.717) is 5.56 Å². The van der Waals surface area contributed by atoms with Gasteiger partial charge >= 0.3 is 0 Å². The molecule has 0 atom stereocenters. The van der Waals surface area contributed by atoms with E-state index in [1.54, 1.807) is 12.1 Å². The van der Waals surface area contributed by atoms with Crippen molar-refractivity contribution in [3.8, 4) is 11.8 Å². The maximum atomic E-state index is 12.0. The fraction of sp³-hybridized carbons (Fsp3) is 0.308. The quantitative estimate of drug-likeness (QED) is 0.632. The molecule has 4 N–H and O–H groups in total. The van der Waals surface area contributed by atoms with Gasteiger partial charge in [0.05, 0.1) is 11.4 Å². The average molecular weight is 295 g/mol. The van der Waals surface area contributed by atoms with Crippen molar-refractivity contribution in [2.45, 2.75) is 11.3 Å². The number of nitrogens with two attached hydrogens (primary N) is 1. The summed E-state index contributed by atoms with van der Waals surface area (Å²) in [5.41, 5.74) is 5.84. The monoisotopic (exact) mass is 295 g/mol. The highest BCUT2D eigenvalue weighted by molar-refractivity contribution is 7.89. The van der Waals surface area contributed by atoms with Gasteiger partial charge in [0.2, 0.25) is 15.9 Å². The van der Waals surface area contributed by atoms with Crippen LogP contribution in [0.2, 0.25) is 0 Å². The Bertz CT molecular complexity index is 630. The summed E-state index contributed by atoms with van der Waals surface area (Å²) in [7, 11) is -2.14. The molecule has 0 aliphatic heterocycles. The Balaban J connectivity index is 2.79. The van der Waals surface area contributed by atoms with Gasteiger partial charge in [0.1, 0.15) is 0 Å². The highest BCUT2D eigenvalue weighted by atomic mass is 32.2. The average Bonchev–Trinajstić information content (AvgIpc) is 2.45. The largest absolute Gasteiger partial charge is 0.359 e. The van der Waals surface area contributed by atoms with Crippen molar-refractivity contribution < 1.29 is 13.2 Å². The first-order valence-electron chi connectivity index (χ1n) is 5.99. The van der Waals surface area contributed by atoms with E-state index in [1.807, 2.05) is 0 Å². The Hall–Kier alpha value is -1.88. The SMILES string of the molecule is CNC(=O)CCNS(=O)(=O)c1cccc(C#CCN)c1. The molecule has 1 aromatic carbocycles. The van der Waals surface area contributed by atoms with E-state index in [2.05, 4.69) is 21.9 Å². The third-order valence-corrected chi connectivity index (χ3v) is 3.86. The van der Waals surface area contributed by atoms with Crippen molar-refractivity contribution in [1.82, 2.24) is 10.0 Å². The van der Waals surface area contributed by atoms with Crippen molar-refractivity contribution in [3.63, 3.8) is 0 Å². The molecule has 0 spiro atoms. The molecule has 0 unspecified atom stereocenters. The van der Waals surface area contributed by atoms with Gasteiger partial charge < -0.3 is 11.1 Å². The van der Waals surface area contributed by atoms with Gasteiger partial charge in [-0.25, -0.2) is 13.1 Å². The van der Waals surface area contributed by atoms with Crippen LogP contribution >= 0.6 is 0 Å². The summed E-state index contributed by atoms with van der Waals surface area (Å²) < 4.78 is 26.4. The molecule has 1 aromatic rings. The Kier molecular flexibility index (Phi) is 6.18. The molecule has 7 heteroatoms. The Morgan fingerprint density at radius 3 is 2.80 bits per heavy atom. The van der Waals surface area contributed by atoms with Gasteiger partial charge in [-0.2, -0.15) is 0 Å². The zero-order valence-electron chi connectivity index (χ0n) is 11.1. The first-order valence-corrected chi connectivity index (χ1v) is 7.47. The third kappa shape index (κ3) is 5.01. The van der Waals surface area contributed by atoms with Crippen molar-refractivity contribution in [1.29, 1.82) is 0 Å². The molecule has 0 bridgehead atoms. The van der Waals surface area contributed by atoms with Gasteiger partial charge in [0.15, 0.2) is 0 Å². The highest BCUT2D eigenvalue weighted by Gasteiger charge is 2.14. The van der Waals surface area contributed by atoms with Crippen LogP contribution in [0, 0.1) is 11.8 Å². The highest BCUT2D eigenvalue weighted by Crippen LogP contribution is 2.10. The van der Waals surface area contributed by atoms with Crippen LogP contribution in [-0.4, -0.2) is 34.5 Å². The van der Waals surface area contributed by atoms with E-state index in [9.17, 15) is 13.2 Å². The summed E-state index contributed by atoms with van der Waals surface area (Å²) in [4.78, 5) is 11.1. The summed E-state index contributed by atoms with van der Waals surface area (Å²) in [5, 5.41) is 2.42. The smallest absolute Gasteiger partial charge is 0.240 e. The zero-order valence-corrected chi connectivity index (χ0v) is 12.0. The number of sulfonamides is 1. The molecule has 0 fully saturated rings. The summed E-state index contributed by atoms with van der Waals surface area (Å²) in [6, 6.07) is 6.24. The van der Waals surface area contributed by atoms with E-state index >= 15 is 0 Å². The van der Waals surface area contributed by atoms with E-state index < -0.39 is 10.0 Å². The van der Waals surface area contributed by atoms with Crippen LogP contribution < -0.4 is 15.8 Å². The molecule has 6 nitrogen and oxygen atoms in total. The molecule has 0 aliphatic rings. The molecule has 108 valence electrons. The van der Waals surface area contributed by atoms with Gasteiger partial charge in [-0.05, 0) is 18.2 Å². The van der Waals surface area contributed by atoms with Crippen molar-refractivity contribution >= 4 is 15.9 Å². The predicted octanol–water partition coefficient (Wildman–Crippen LogP) is -0.589. The van der Waals surface area contributed by atoms with Crippen LogP contribution in [0.5, 0.6) is 0 Å². The molecule has 1 rings (SSSR count). The van der Waals surface area contributed by atoms with Crippen LogP contribution in [0.4, 0.5) is 0 Å². The minimum atomic E-state index is -3.64. The predicted molar refractivity (Wildman–Crippen MR) is 76.2 cm³/mol. The lowest BCUT2D eigenvalue weighted by atomic mass is 10.2. The van der Waals surface area contributed by atoms with Gasteiger partial charge in [0.25, 0.3) is 0 Å². The second-order valence-electron chi connectivity index (χ2n) is 3.85. The van der Waals surface area contributed by atoms with Crippen molar-refractivity contribution in [2.24, 2.45) is 5.73 Å². The third-order valence-electron chi connectivity index (χ3n) is 2.40. The minimum Gasteiger partial charge on any atom is -0.359 e. The Morgan fingerprint density at radius 2 is 2.15 bits per heavy atom. The molecule has 0 radical (unpaired) electrons. The molecule has 1 amide bonds.